The minimum Gasteiger partial charge on any atom is -0.204 e. The first-order chi connectivity index (χ1) is 9.90. The van der Waals surface area contributed by atoms with Crippen molar-refractivity contribution in [2.45, 2.75) is 6.92 Å². The maximum Gasteiger partial charge on any atom is 0.198 e. The summed E-state index contributed by atoms with van der Waals surface area (Å²) in [5.74, 6) is -6.56. The van der Waals surface area contributed by atoms with Gasteiger partial charge in [0, 0.05) is 10.4 Å². The van der Waals surface area contributed by atoms with Crippen LogP contribution in [0, 0.1) is 30.2 Å². The molecule has 0 nitrogen and oxygen atoms in total. The highest BCUT2D eigenvalue weighted by molar-refractivity contribution is 7.81. The number of rotatable bonds is 3. The van der Waals surface area contributed by atoms with Gasteiger partial charge < -0.3 is 0 Å². The van der Waals surface area contributed by atoms with Gasteiger partial charge in [-0.25, -0.2) is 17.6 Å². The van der Waals surface area contributed by atoms with E-state index in [0.29, 0.717) is 10.9 Å². The molecule has 5 heteroatoms. The average molecular weight is 310 g/mol. The van der Waals surface area contributed by atoms with Crippen molar-refractivity contribution in [3.63, 3.8) is 0 Å². The van der Waals surface area contributed by atoms with Crippen molar-refractivity contribution in [1.29, 1.82) is 0 Å². The van der Waals surface area contributed by atoms with Crippen LogP contribution in [-0.4, -0.2) is 4.86 Å². The highest BCUT2D eigenvalue weighted by atomic mass is 32.1. The second kappa shape index (κ2) is 6.18. The molecule has 0 heterocycles. The van der Waals surface area contributed by atoms with Crippen molar-refractivity contribution in [3.8, 4) is 0 Å². The molecule has 2 rings (SSSR count). The van der Waals surface area contributed by atoms with Crippen molar-refractivity contribution in [3.05, 3.63) is 76.4 Å². The Balaban J connectivity index is 2.29. The maximum atomic E-state index is 13.5. The predicted octanol–water partition coefficient (Wildman–Crippen LogP) is 4.98. The summed E-state index contributed by atoms with van der Waals surface area (Å²) in [4.78, 5) is 0.375. The molecule has 0 fully saturated rings. The second-order valence-corrected chi connectivity index (χ2v) is 4.89. The zero-order valence-electron chi connectivity index (χ0n) is 11.0. The van der Waals surface area contributed by atoms with Crippen LogP contribution in [0.4, 0.5) is 17.6 Å². The molecule has 0 aromatic heterocycles. The normalized spacial score (nSPS) is 11.1. The van der Waals surface area contributed by atoms with Gasteiger partial charge >= 0.3 is 0 Å². The van der Waals surface area contributed by atoms with Crippen LogP contribution in [-0.2, 0) is 0 Å². The number of allylic oxidation sites excluding steroid dienone is 1. The molecule has 0 bridgehead atoms. The summed E-state index contributed by atoms with van der Waals surface area (Å²) in [5.41, 5.74) is 1.37. The lowest BCUT2D eigenvalue weighted by molar-refractivity contribution is 0.408. The van der Waals surface area contributed by atoms with E-state index < -0.39 is 28.8 Å². The fourth-order valence-corrected chi connectivity index (χ4v) is 1.90. The lowest BCUT2D eigenvalue weighted by Crippen LogP contribution is -1.99. The zero-order valence-corrected chi connectivity index (χ0v) is 11.8. The summed E-state index contributed by atoms with van der Waals surface area (Å²) in [5, 5.41) is 0. The van der Waals surface area contributed by atoms with Crippen LogP contribution in [0.5, 0.6) is 0 Å². The summed E-state index contributed by atoms with van der Waals surface area (Å²) < 4.78 is 52.5. The fraction of sp³-hybridized carbons (Fsp3) is 0.0625. The molecular formula is C16H10F4S. The number of halogens is 4. The van der Waals surface area contributed by atoms with Crippen molar-refractivity contribution >= 4 is 23.2 Å². The van der Waals surface area contributed by atoms with Gasteiger partial charge in [-0.05, 0) is 24.6 Å². The molecule has 0 N–H and O–H groups in total. The Morgan fingerprint density at radius 3 is 2.19 bits per heavy atom. The van der Waals surface area contributed by atoms with E-state index in [9.17, 15) is 17.6 Å². The van der Waals surface area contributed by atoms with E-state index in [4.69, 9.17) is 12.2 Å². The standard InChI is InChI=1S/C16H10F4S/c1-9-2-4-10(5-3-9)13(21)7-6-11-8-12(17)15(19)16(20)14(11)18/h2-8H,1H3. The molecule has 0 aliphatic carbocycles. The van der Waals surface area contributed by atoms with Gasteiger partial charge in [0.15, 0.2) is 23.3 Å². The number of thiocarbonyl (C=S) groups is 1. The van der Waals surface area contributed by atoms with Gasteiger partial charge in [-0.15, -0.1) is 0 Å². The third-order valence-corrected chi connectivity index (χ3v) is 3.25. The second-order valence-electron chi connectivity index (χ2n) is 4.45. The largest absolute Gasteiger partial charge is 0.204 e. The van der Waals surface area contributed by atoms with E-state index in [1.54, 1.807) is 12.1 Å². The molecule has 0 aliphatic heterocycles. The van der Waals surface area contributed by atoms with Gasteiger partial charge in [0.05, 0.1) is 0 Å². The number of hydrogen-bond acceptors (Lipinski definition) is 1. The third-order valence-electron chi connectivity index (χ3n) is 2.88. The fourth-order valence-electron chi connectivity index (χ4n) is 1.69. The Morgan fingerprint density at radius 2 is 1.57 bits per heavy atom. The lowest BCUT2D eigenvalue weighted by Gasteiger charge is -2.02. The maximum absolute atomic E-state index is 13.5. The molecule has 0 amide bonds. The number of benzene rings is 2. The quantitative estimate of drug-likeness (QED) is 0.192. The first kappa shape index (κ1) is 15.4. The highest BCUT2D eigenvalue weighted by Crippen LogP contribution is 2.20. The van der Waals surface area contributed by atoms with Gasteiger partial charge in [-0.1, -0.05) is 48.1 Å². The highest BCUT2D eigenvalue weighted by Gasteiger charge is 2.17. The lowest BCUT2D eigenvalue weighted by atomic mass is 10.1. The van der Waals surface area contributed by atoms with Gasteiger partial charge in [-0.2, -0.15) is 0 Å². The zero-order chi connectivity index (χ0) is 15.6. The monoisotopic (exact) mass is 310 g/mol. The summed E-state index contributed by atoms with van der Waals surface area (Å²) in [7, 11) is 0. The van der Waals surface area contributed by atoms with E-state index in [-0.39, 0.29) is 0 Å². The van der Waals surface area contributed by atoms with Gasteiger partial charge in [0.2, 0.25) is 0 Å². The van der Waals surface area contributed by atoms with Crippen LogP contribution < -0.4 is 0 Å². The van der Waals surface area contributed by atoms with E-state index in [1.165, 1.54) is 6.08 Å². The molecular weight excluding hydrogens is 300 g/mol. The van der Waals surface area contributed by atoms with Gasteiger partial charge in [0.1, 0.15) is 0 Å². The smallest absolute Gasteiger partial charge is 0.198 e. The summed E-state index contributed by atoms with van der Waals surface area (Å²) in [6.07, 6.45) is 2.46. The molecule has 0 atom stereocenters. The topological polar surface area (TPSA) is 0 Å². The van der Waals surface area contributed by atoms with Crippen LogP contribution in [0.3, 0.4) is 0 Å². The minimum absolute atomic E-state index is 0.375. The molecule has 0 spiro atoms. The summed E-state index contributed by atoms with van der Waals surface area (Å²) in [6.45, 7) is 1.92. The Kier molecular flexibility index (Phi) is 4.53. The molecule has 2 aromatic rings. The molecule has 0 saturated carbocycles. The summed E-state index contributed by atoms with van der Waals surface area (Å²) in [6, 6.07) is 7.86. The van der Waals surface area contributed by atoms with Crippen molar-refractivity contribution in [2.75, 3.05) is 0 Å². The van der Waals surface area contributed by atoms with Crippen LogP contribution in [0.2, 0.25) is 0 Å². The molecule has 21 heavy (non-hydrogen) atoms. The molecule has 0 unspecified atom stereocenters. The molecule has 2 aromatic carbocycles. The first-order valence-electron chi connectivity index (χ1n) is 6.02. The van der Waals surface area contributed by atoms with Crippen molar-refractivity contribution in [2.24, 2.45) is 0 Å². The van der Waals surface area contributed by atoms with Crippen LogP contribution in [0.25, 0.3) is 6.08 Å². The third kappa shape index (κ3) is 3.36. The Hall–Kier alpha value is -2.01. The molecule has 0 saturated heterocycles. The van der Waals surface area contributed by atoms with Crippen molar-refractivity contribution < 1.29 is 17.6 Å². The Morgan fingerprint density at radius 1 is 0.952 bits per heavy atom. The van der Waals surface area contributed by atoms with E-state index in [0.717, 1.165) is 17.2 Å². The number of hydrogen-bond donors (Lipinski definition) is 0. The number of aryl methyl sites for hydroxylation is 1. The van der Waals surface area contributed by atoms with Crippen molar-refractivity contribution in [1.82, 2.24) is 0 Å². The molecule has 0 aliphatic rings. The van der Waals surface area contributed by atoms with Crippen LogP contribution >= 0.6 is 12.2 Å². The SMILES string of the molecule is Cc1ccc(C(=S)C=Cc2cc(F)c(F)c(F)c2F)cc1. The van der Waals surface area contributed by atoms with E-state index in [1.807, 2.05) is 19.1 Å². The van der Waals surface area contributed by atoms with Crippen LogP contribution in [0.15, 0.2) is 36.4 Å². The first-order valence-corrected chi connectivity index (χ1v) is 6.43. The van der Waals surface area contributed by atoms with E-state index in [2.05, 4.69) is 0 Å². The van der Waals surface area contributed by atoms with E-state index >= 15 is 0 Å². The minimum atomic E-state index is -1.84. The average Bonchev–Trinajstić information content (AvgIpc) is 2.48. The Labute approximate surface area is 124 Å². The molecule has 0 radical (unpaired) electrons. The van der Waals surface area contributed by atoms with Crippen LogP contribution in [0.1, 0.15) is 16.7 Å². The summed E-state index contributed by atoms with van der Waals surface area (Å²) >= 11 is 5.13. The van der Waals surface area contributed by atoms with Gasteiger partial charge in [0.25, 0.3) is 0 Å². The predicted molar refractivity (Wildman–Crippen MR) is 78.2 cm³/mol. The van der Waals surface area contributed by atoms with Gasteiger partial charge in [-0.3, -0.25) is 0 Å². The molecule has 108 valence electrons. The Bertz CT molecular complexity index is 718.